The zero-order chi connectivity index (χ0) is 23.3. The number of hydrogen-bond donors (Lipinski definition) is 0. The number of nitrogens with zero attached hydrogens (tertiary/aromatic N) is 1. The van der Waals surface area contributed by atoms with Crippen LogP contribution < -0.4 is 4.74 Å². The molecule has 2 nitrogen and oxygen atoms in total. The van der Waals surface area contributed by atoms with Gasteiger partial charge in [0.15, 0.2) is 0 Å². The second-order valence-corrected chi connectivity index (χ2v) is 7.64. The third kappa shape index (κ3) is 6.82. The molecule has 0 aliphatic heterocycles. The largest absolute Gasteiger partial charge is 0.494 e. The van der Waals surface area contributed by atoms with E-state index in [2.05, 4.69) is 79.4 Å². The molecule has 33 heavy (non-hydrogen) atoms. The van der Waals surface area contributed by atoms with Crippen molar-refractivity contribution in [2.75, 3.05) is 6.61 Å². The Morgan fingerprint density at radius 1 is 0.818 bits per heavy atom. The van der Waals surface area contributed by atoms with E-state index in [1.54, 1.807) is 0 Å². The molecule has 1 heterocycles. The number of benzene rings is 3. The lowest BCUT2D eigenvalue weighted by molar-refractivity contribution is 0.305. The van der Waals surface area contributed by atoms with Crippen molar-refractivity contribution in [1.82, 2.24) is 4.98 Å². The number of ether oxygens (including phenoxy) is 1. The molecule has 2 heteroatoms. The van der Waals surface area contributed by atoms with Crippen LogP contribution in [0.15, 0.2) is 98.2 Å². The molecule has 0 fully saturated rings. The van der Waals surface area contributed by atoms with E-state index in [0.29, 0.717) is 0 Å². The van der Waals surface area contributed by atoms with Crippen LogP contribution in [0.3, 0.4) is 0 Å². The molecule has 0 radical (unpaired) electrons. The van der Waals surface area contributed by atoms with Gasteiger partial charge in [0.25, 0.3) is 0 Å². The lowest BCUT2D eigenvalue weighted by atomic mass is 9.98. The van der Waals surface area contributed by atoms with Crippen LogP contribution >= 0.6 is 0 Å². The van der Waals surface area contributed by atoms with Crippen LogP contribution in [0.5, 0.6) is 5.75 Å². The van der Waals surface area contributed by atoms with E-state index >= 15 is 0 Å². The summed E-state index contributed by atoms with van der Waals surface area (Å²) in [5.74, 6) is 7.57. The van der Waals surface area contributed by atoms with Crippen molar-refractivity contribution in [1.29, 1.82) is 0 Å². The average Bonchev–Trinajstić information content (AvgIpc) is 2.89. The van der Waals surface area contributed by atoms with Crippen LogP contribution in [-0.2, 0) is 0 Å². The van der Waals surface area contributed by atoms with Crippen molar-refractivity contribution in [2.24, 2.45) is 0 Å². The molecule has 4 rings (SSSR count). The Hall–Kier alpha value is -3.83. The summed E-state index contributed by atoms with van der Waals surface area (Å²) >= 11 is 0. The monoisotopic (exact) mass is 433 g/mol. The van der Waals surface area contributed by atoms with E-state index in [-0.39, 0.29) is 0 Å². The van der Waals surface area contributed by atoms with Crippen molar-refractivity contribution >= 4 is 10.9 Å². The maximum Gasteiger partial charge on any atom is 0.119 e. The lowest BCUT2D eigenvalue weighted by Crippen LogP contribution is -1.96. The third-order valence-corrected chi connectivity index (χ3v) is 5.30. The van der Waals surface area contributed by atoms with Crippen molar-refractivity contribution in [3.63, 3.8) is 0 Å². The summed E-state index contributed by atoms with van der Waals surface area (Å²) < 4.78 is 5.83. The minimum atomic E-state index is 0.777. The molecular formula is C31H31NO. The van der Waals surface area contributed by atoms with Crippen molar-refractivity contribution in [3.8, 4) is 28.7 Å². The van der Waals surface area contributed by atoms with Gasteiger partial charge in [-0.1, -0.05) is 68.4 Å². The molecule has 4 aromatic rings. The molecule has 3 aromatic carbocycles. The molecular weight excluding hydrogens is 402 g/mol. The highest BCUT2D eigenvalue weighted by atomic mass is 16.5. The maximum absolute atomic E-state index is 5.83. The van der Waals surface area contributed by atoms with Gasteiger partial charge in [-0.25, -0.2) is 0 Å². The molecule has 0 atom stereocenters. The average molecular weight is 434 g/mol. The van der Waals surface area contributed by atoms with Crippen LogP contribution in [0.1, 0.15) is 43.7 Å². The first-order valence-corrected chi connectivity index (χ1v) is 11.5. The van der Waals surface area contributed by atoms with Gasteiger partial charge >= 0.3 is 0 Å². The minimum Gasteiger partial charge on any atom is -0.494 e. The fourth-order valence-corrected chi connectivity index (χ4v) is 3.58. The Morgan fingerprint density at radius 3 is 2.45 bits per heavy atom. The Labute approximate surface area is 198 Å². The number of hydrogen-bond acceptors (Lipinski definition) is 2. The summed E-state index contributed by atoms with van der Waals surface area (Å²) in [6.45, 7) is 9.00. The number of aromatic nitrogens is 1. The Bertz CT molecular complexity index is 1210. The van der Waals surface area contributed by atoms with Crippen LogP contribution in [0.25, 0.3) is 22.0 Å². The van der Waals surface area contributed by atoms with Gasteiger partial charge in [0.05, 0.1) is 12.1 Å². The number of pyridine rings is 1. The first-order chi connectivity index (χ1) is 16.3. The SMILES string of the molecule is C=C.CCCCCCOc1ccc(C#Cc2ccccc2-c2ccc3ncccc3c2)cc1. The Morgan fingerprint density at radius 2 is 1.64 bits per heavy atom. The second-order valence-electron chi connectivity index (χ2n) is 7.64. The zero-order valence-corrected chi connectivity index (χ0v) is 19.4. The molecule has 166 valence electrons. The van der Waals surface area contributed by atoms with Crippen molar-refractivity contribution in [2.45, 2.75) is 32.6 Å². The molecule has 0 saturated heterocycles. The highest BCUT2D eigenvalue weighted by molar-refractivity contribution is 5.85. The summed E-state index contributed by atoms with van der Waals surface area (Å²) in [4.78, 5) is 4.41. The van der Waals surface area contributed by atoms with Crippen LogP contribution in [0.2, 0.25) is 0 Å². The summed E-state index contributed by atoms with van der Waals surface area (Å²) in [6.07, 6.45) is 6.68. The second kappa shape index (κ2) is 12.9. The summed E-state index contributed by atoms with van der Waals surface area (Å²) in [7, 11) is 0. The number of rotatable bonds is 7. The van der Waals surface area contributed by atoms with Gasteiger partial charge in [0.2, 0.25) is 0 Å². The number of fused-ring (bicyclic) bond motifs is 1. The molecule has 0 aliphatic carbocycles. The lowest BCUT2D eigenvalue weighted by Gasteiger charge is -2.07. The van der Waals surface area contributed by atoms with E-state index in [4.69, 9.17) is 4.74 Å². The van der Waals surface area contributed by atoms with Gasteiger partial charge in [-0.05, 0) is 66.1 Å². The maximum atomic E-state index is 5.83. The van der Waals surface area contributed by atoms with Gasteiger partial charge in [-0.3, -0.25) is 4.98 Å². The van der Waals surface area contributed by atoms with Crippen molar-refractivity contribution < 1.29 is 4.74 Å². The van der Waals surface area contributed by atoms with Gasteiger partial charge in [-0.15, -0.1) is 13.2 Å². The van der Waals surface area contributed by atoms with E-state index < -0.39 is 0 Å². The van der Waals surface area contributed by atoms with E-state index in [1.165, 1.54) is 19.3 Å². The molecule has 0 N–H and O–H groups in total. The van der Waals surface area contributed by atoms with Crippen LogP contribution in [-0.4, -0.2) is 11.6 Å². The van der Waals surface area contributed by atoms with Gasteiger partial charge in [0, 0.05) is 22.7 Å². The summed E-state index contributed by atoms with van der Waals surface area (Å²) in [6, 6.07) is 26.8. The van der Waals surface area contributed by atoms with E-state index in [9.17, 15) is 0 Å². The van der Waals surface area contributed by atoms with Crippen LogP contribution in [0, 0.1) is 11.8 Å². The Kier molecular flexibility index (Phi) is 9.30. The fraction of sp³-hybridized carbons (Fsp3) is 0.194. The predicted octanol–water partition coefficient (Wildman–Crippen LogP) is 8.06. The predicted molar refractivity (Wildman–Crippen MR) is 140 cm³/mol. The van der Waals surface area contributed by atoms with Gasteiger partial charge in [-0.2, -0.15) is 0 Å². The standard InChI is InChI=1S/C29H27NO.C2H4/c1-2-3-4-7-21-31-27-17-13-23(14-18-27)12-15-24-9-5-6-11-28(24)25-16-19-29-26(22-25)10-8-20-30-29;1-2/h5-6,8-11,13-14,16-20,22H,2-4,7,21H2,1H3;1-2H2. The number of unbranched alkanes of at least 4 members (excludes halogenated alkanes) is 3. The molecule has 0 bridgehead atoms. The first-order valence-electron chi connectivity index (χ1n) is 11.5. The molecule has 0 aliphatic rings. The molecule has 0 unspecified atom stereocenters. The van der Waals surface area contributed by atoms with E-state index in [1.807, 2.05) is 42.6 Å². The van der Waals surface area contributed by atoms with Crippen molar-refractivity contribution in [3.05, 3.63) is 109 Å². The van der Waals surface area contributed by atoms with E-state index in [0.717, 1.165) is 51.9 Å². The van der Waals surface area contributed by atoms with Gasteiger partial charge < -0.3 is 4.74 Å². The molecule has 1 aromatic heterocycles. The van der Waals surface area contributed by atoms with Crippen LogP contribution in [0.4, 0.5) is 0 Å². The zero-order valence-electron chi connectivity index (χ0n) is 19.4. The third-order valence-electron chi connectivity index (χ3n) is 5.30. The first kappa shape index (κ1) is 23.8. The highest BCUT2D eigenvalue weighted by Gasteiger charge is 2.04. The topological polar surface area (TPSA) is 22.1 Å². The summed E-state index contributed by atoms with van der Waals surface area (Å²) in [5, 5.41) is 1.13. The smallest absolute Gasteiger partial charge is 0.119 e. The quantitative estimate of drug-likeness (QED) is 0.167. The fourth-order valence-electron chi connectivity index (χ4n) is 3.58. The minimum absolute atomic E-state index is 0.777. The molecule has 0 saturated carbocycles. The Balaban J connectivity index is 0.00000149. The molecule has 0 spiro atoms. The highest BCUT2D eigenvalue weighted by Crippen LogP contribution is 2.26. The normalized spacial score (nSPS) is 9.97. The summed E-state index contributed by atoms with van der Waals surface area (Å²) in [5.41, 5.74) is 5.28. The van der Waals surface area contributed by atoms with Gasteiger partial charge in [0.1, 0.15) is 5.75 Å². The molecule has 0 amide bonds.